The molecule has 27 heavy (non-hydrogen) atoms. The Labute approximate surface area is 167 Å². The van der Waals surface area contributed by atoms with Crippen LogP contribution in [-0.4, -0.2) is 10.9 Å². The average Bonchev–Trinajstić information content (AvgIpc) is 3.32. The Morgan fingerprint density at radius 3 is 2.78 bits per heavy atom. The van der Waals surface area contributed by atoms with Crippen LogP contribution in [0.15, 0.2) is 65.1 Å². The second-order valence-electron chi connectivity index (χ2n) is 6.38. The van der Waals surface area contributed by atoms with Crippen molar-refractivity contribution >= 4 is 33.2 Å². The van der Waals surface area contributed by atoms with Gasteiger partial charge in [-0.25, -0.2) is 0 Å². The molecule has 0 aliphatic carbocycles. The maximum Gasteiger partial charge on any atom is 0.135 e. The summed E-state index contributed by atoms with van der Waals surface area (Å²) in [5.41, 5.74) is 8.24. The third-order valence-corrected chi connectivity index (χ3v) is 5.66. The molecule has 1 unspecified atom stereocenters. The van der Waals surface area contributed by atoms with E-state index in [2.05, 4.69) is 21.8 Å². The molecule has 2 aromatic heterocycles. The van der Waals surface area contributed by atoms with E-state index in [0.717, 1.165) is 41.1 Å². The number of fused-ring (bicyclic) bond motifs is 1. The normalized spacial score (nSPS) is 12.5. The van der Waals surface area contributed by atoms with Gasteiger partial charge in [-0.3, -0.25) is 0 Å². The minimum atomic E-state index is -0.0797. The van der Waals surface area contributed by atoms with Gasteiger partial charge >= 0.3 is 0 Å². The van der Waals surface area contributed by atoms with Crippen molar-refractivity contribution in [1.29, 1.82) is 0 Å². The molecule has 4 nitrogen and oxygen atoms in total. The zero-order valence-electron chi connectivity index (χ0n) is 14.7. The zero-order valence-corrected chi connectivity index (χ0v) is 16.3. The lowest BCUT2D eigenvalue weighted by molar-refractivity contribution is 0.483. The van der Waals surface area contributed by atoms with E-state index in [9.17, 15) is 0 Å². The highest BCUT2D eigenvalue weighted by Gasteiger charge is 2.13. The molecule has 0 radical (unpaired) electrons. The van der Waals surface area contributed by atoms with E-state index in [4.69, 9.17) is 21.8 Å². The van der Waals surface area contributed by atoms with E-state index < -0.39 is 0 Å². The number of rotatable bonds is 7. The van der Waals surface area contributed by atoms with Crippen molar-refractivity contribution in [3.63, 3.8) is 0 Å². The lowest BCUT2D eigenvalue weighted by Gasteiger charge is -2.10. The summed E-state index contributed by atoms with van der Waals surface area (Å²) in [7, 11) is 0. The SMILES string of the molecule is NC(CCNCc1ccc(-c2ccccc2Cl)o1)c1nsc2ccccc12. The quantitative estimate of drug-likeness (QED) is 0.410. The second kappa shape index (κ2) is 8.23. The van der Waals surface area contributed by atoms with Crippen LogP contribution in [0.1, 0.15) is 23.9 Å². The number of nitrogens with one attached hydrogen (secondary N) is 1. The first kappa shape index (κ1) is 18.2. The van der Waals surface area contributed by atoms with E-state index in [1.165, 1.54) is 16.2 Å². The summed E-state index contributed by atoms with van der Waals surface area (Å²) in [4.78, 5) is 0. The number of hydrogen-bond donors (Lipinski definition) is 2. The maximum absolute atomic E-state index is 6.35. The molecule has 4 rings (SSSR count). The van der Waals surface area contributed by atoms with Crippen molar-refractivity contribution in [2.24, 2.45) is 5.73 Å². The van der Waals surface area contributed by atoms with Gasteiger partial charge in [-0.1, -0.05) is 41.9 Å². The molecule has 2 heterocycles. The lowest BCUT2D eigenvalue weighted by atomic mass is 10.1. The number of hydrogen-bond acceptors (Lipinski definition) is 5. The molecule has 0 fully saturated rings. The van der Waals surface area contributed by atoms with Gasteiger partial charge in [-0.2, -0.15) is 4.37 Å². The van der Waals surface area contributed by atoms with E-state index in [1.54, 1.807) is 0 Å². The molecule has 2 aromatic carbocycles. The topological polar surface area (TPSA) is 64.1 Å². The van der Waals surface area contributed by atoms with Crippen molar-refractivity contribution in [3.8, 4) is 11.3 Å². The van der Waals surface area contributed by atoms with Crippen LogP contribution >= 0.6 is 23.1 Å². The molecule has 6 heteroatoms. The number of benzene rings is 2. The molecule has 138 valence electrons. The zero-order chi connectivity index (χ0) is 18.6. The predicted octanol–water partition coefficient (Wildman–Crippen LogP) is 5.39. The molecular formula is C21H20ClN3OS. The average molecular weight is 398 g/mol. The lowest BCUT2D eigenvalue weighted by Crippen LogP contribution is -2.21. The highest BCUT2D eigenvalue weighted by molar-refractivity contribution is 7.13. The van der Waals surface area contributed by atoms with Gasteiger partial charge in [0.05, 0.1) is 22.0 Å². The Morgan fingerprint density at radius 2 is 1.89 bits per heavy atom. The largest absolute Gasteiger partial charge is 0.460 e. The first-order valence-electron chi connectivity index (χ1n) is 8.86. The molecule has 0 aliphatic rings. The summed E-state index contributed by atoms with van der Waals surface area (Å²) in [5.74, 6) is 1.65. The van der Waals surface area contributed by atoms with Gasteiger partial charge in [-0.05, 0) is 54.8 Å². The molecule has 4 aromatic rings. The van der Waals surface area contributed by atoms with Crippen LogP contribution in [0.3, 0.4) is 0 Å². The molecule has 0 amide bonds. The van der Waals surface area contributed by atoms with Crippen LogP contribution in [0.25, 0.3) is 21.4 Å². The molecule has 3 N–H and O–H groups in total. The monoisotopic (exact) mass is 397 g/mol. The Balaban J connectivity index is 1.31. The molecule has 0 spiro atoms. The van der Waals surface area contributed by atoms with Gasteiger partial charge in [0.2, 0.25) is 0 Å². The highest BCUT2D eigenvalue weighted by atomic mass is 35.5. The Kier molecular flexibility index (Phi) is 5.55. The third kappa shape index (κ3) is 4.06. The van der Waals surface area contributed by atoms with Gasteiger partial charge in [0, 0.05) is 17.0 Å². The number of nitrogens with two attached hydrogens (primary N) is 1. The van der Waals surface area contributed by atoms with Crippen molar-refractivity contribution in [3.05, 3.63) is 77.1 Å². The van der Waals surface area contributed by atoms with Crippen LogP contribution in [0.2, 0.25) is 5.02 Å². The summed E-state index contributed by atoms with van der Waals surface area (Å²) in [5, 5.41) is 5.24. The van der Waals surface area contributed by atoms with E-state index >= 15 is 0 Å². The Morgan fingerprint density at radius 1 is 1.07 bits per heavy atom. The summed E-state index contributed by atoms with van der Waals surface area (Å²) < 4.78 is 11.6. The Bertz CT molecular complexity index is 1040. The van der Waals surface area contributed by atoms with Gasteiger partial charge in [0.1, 0.15) is 11.5 Å². The van der Waals surface area contributed by atoms with E-state index in [1.807, 2.05) is 48.5 Å². The fourth-order valence-corrected chi connectivity index (χ4v) is 4.13. The van der Waals surface area contributed by atoms with Crippen LogP contribution in [0, 0.1) is 0 Å². The first-order valence-corrected chi connectivity index (χ1v) is 10.0. The summed E-state index contributed by atoms with van der Waals surface area (Å²) in [6, 6.07) is 19.7. The van der Waals surface area contributed by atoms with Crippen molar-refractivity contribution in [2.75, 3.05) is 6.54 Å². The minimum absolute atomic E-state index is 0.0797. The third-order valence-electron chi connectivity index (χ3n) is 4.49. The first-order chi connectivity index (χ1) is 13.2. The fourth-order valence-electron chi connectivity index (χ4n) is 3.06. The molecule has 0 saturated heterocycles. The van der Waals surface area contributed by atoms with E-state index in [-0.39, 0.29) is 6.04 Å². The molecule has 0 bridgehead atoms. The minimum Gasteiger partial charge on any atom is -0.460 e. The van der Waals surface area contributed by atoms with Crippen LogP contribution in [-0.2, 0) is 6.54 Å². The van der Waals surface area contributed by atoms with Crippen LogP contribution in [0.4, 0.5) is 0 Å². The summed E-state index contributed by atoms with van der Waals surface area (Å²) in [6.45, 7) is 1.43. The van der Waals surface area contributed by atoms with Crippen molar-refractivity contribution in [1.82, 2.24) is 9.69 Å². The Hall–Kier alpha value is -2.18. The van der Waals surface area contributed by atoms with Crippen molar-refractivity contribution < 1.29 is 4.42 Å². The van der Waals surface area contributed by atoms with Gasteiger partial charge in [-0.15, -0.1) is 0 Å². The predicted molar refractivity (Wildman–Crippen MR) is 112 cm³/mol. The van der Waals surface area contributed by atoms with Gasteiger partial charge < -0.3 is 15.5 Å². The second-order valence-corrected chi connectivity index (χ2v) is 7.59. The van der Waals surface area contributed by atoms with Gasteiger partial charge in [0.15, 0.2) is 0 Å². The van der Waals surface area contributed by atoms with Crippen molar-refractivity contribution in [2.45, 2.75) is 19.0 Å². The summed E-state index contributed by atoms with van der Waals surface area (Å²) >= 11 is 7.73. The van der Waals surface area contributed by atoms with E-state index in [0.29, 0.717) is 11.6 Å². The van der Waals surface area contributed by atoms with Gasteiger partial charge in [0.25, 0.3) is 0 Å². The number of furan rings is 1. The fraction of sp³-hybridized carbons (Fsp3) is 0.190. The molecule has 0 aliphatic heterocycles. The smallest absolute Gasteiger partial charge is 0.135 e. The maximum atomic E-state index is 6.35. The molecular weight excluding hydrogens is 378 g/mol. The standard InChI is InChI=1S/C21H20ClN3OS/c22-17-7-3-1-5-15(17)19-10-9-14(26-19)13-24-12-11-18(23)21-16-6-2-4-8-20(16)27-25-21/h1-10,18,24H,11-13,23H2. The molecule has 1 atom stereocenters. The highest BCUT2D eigenvalue weighted by Crippen LogP contribution is 2.29. The number of nitrogens with zero attached hydrogens (tertiary/aromatic N) is 1. The summed E-state index contributed by atoms with van der Waals surface area (Å²) in [6.07, 6.45) is 0.811. The molecule has 0 saturated carbocycles. The number of aromatic nitrogens is 1. The van der Waals surface area contributed by atoms with Crippen LogP contribution in [0.5, 0.6) is 0 Å². The van der Waals surface area contributed by atoms with Crippen LogP contribution < -0.4 is 11.1 Å². The number of halogens is 1.